The van der Waals surface area contributed by atoms with Crippen LogP contribution in [0.1, 0.15) is 12.5 Å². The molecule has 0 saturated carbocycles. The molecule has 1 aromatic heterocycles. The van der Waals surface area contributed by atoms with Crippen LogP contribution in [-0.2, 0) is 16.1 Å². The third-order valence-corrected chi connectivity index (χ3v) is 3.78. The van der Waals surface area contributed by atoms with E-state index < -0.39 is 0 Å². The van der Waals surface area contributed by atoms with Crippen LogP contribution in [0.3, 0.4) is 0 Å². The number of nitrogens with zero attached hydrogens (tertiary/aromatic N) is 2. The summed E-state index contributed by atoms with van der Waals surface area (Å²) in [6.45, 7) is 4.18. The lowest BCUT2D eigenvalue weighted by Crippen LogP contribution is -2.28. The minimum atomic E-state index is -0.389. The van der Waals surface area contributed by atoms with E-state index in [2.05, 4.69) is 4.98 Å². The first kappa shape index (κ1) is 16.1. The SMILES string of the molecule is CC(=O)O[C@H](COc1ccccc1C)Cn1cnc2ccccc21. The Morgan fingerprint density at radius 3 is 2.71 bits per heavy atom. The molecule has 0 aliphatic rings. The molecule has 2 aromatic carbocycles. The Kier molecular flexibility index (Phi) is 4.79. The van der Waals surface area contributed by atoms with E-state index in [9.17, 15) is 4.79 Å². The summed E-state index contributed by atoms with van der Waals surface area (Å²) in [4.78, 5) is 15.8. The first-order chi connectivity index (χ1) is 11.6. The molecule has 3 rings (SSSR count). The molecule has 0 aliphatic carbocycles. The fourth-order valence-corrected chi connectivity index (χ4v) is 2.63. The maximum absolute atomic E-state index is 11.4. The third-order valence-electron chi connectivity index (χ3n) is 3.78. The smallest absolute Gasteiger partial charge is 0.303 e. The molecule has 5 nitrogen and oxygen atoms in total. The quantitative estimate of drug-likeness (QED) is 0.653. The molecule has 5 heteroatoms. The average molecular weight is 324 g/mol. The molecule has 0 spiro atoms. The van der Waals surface area contributed by atoms with Gasteiger partial charge in [-0.1, -0.05) is 30.3 Å². The number of rotatable bonds is 6. The van der Waals surface area contributed by atoms with Gasteiger partial charge in [-0.3, -0.25) is 4.79 Å². The molecule has 0 amide bonds. The second kappa shape index (κ2) is 7.17. The number of esters is 1. The standard InChI is InChI=1S/C19H20N2O3/c1-14-7-3-6-10-19(14)23-12-16(24-15(2)22)11-21-13-20-17-8-4-5-9-18(17)21/h3-10,13,16H,11-12H2,1-2H3/t16-/m0/s1. The highest BCUT2D eigenvalue weighted by Gasteiger charge is 2.16. The Balaban J connectivity index is 1.74. The molecule has 0 radical (unpaired) electrons. The predicted molar refractivity (Wildman–Crippen MR) is 92.0 cm³/mol. The van der Waals surface area contributed by atoms with Crippen LogP contribution in [-0.4, -0.2) is 28.2 Å². The summed E-state index contributed by atoms with van der Waals surface area (Å²) in [6.07, 6.45) is 1.37. The van der Waals surface area contributed by atoms with E-state index in [4.69, 9.17) is 9.47 Å². The second-order valence-corrected chi connectivity index (χ2v) is 5.69. The van der Waals surface area contributed by atoms with Crippen molar-refractivity contribution in [1.82, 2.24) is 9.55 Å². The first-order valence-corrected chi connectivity index (χ1v) is 7.89. The molecule has 0 N–H and O–H groups in total. The van der Waals surface area contributed by atoms with Crippen LogP contribution in [0, 0.1) is 6.92 Å². The lowest BCUT2D eigenvalue weighted by atomic mass is 10.2. The van der Waals surface area contributed by atoms with Gasteiger partial charge in [-0.2, -0.15) is 0 Å². The highest BCUT2D eigenvalue weighted by molar-refractivity contribution is 5.75. The van der Waals surface area contributed by atoms with Crippen molar-refractivity contribution in [2.75, 3.05) is 6.61 Å². The van der Waals surface area contributed by atoms with Gasteiger partial charge >= 0.3 is 5.97 Å². The van der Waals surface area contributed by atoms with Crippen molar-refractivity contribution in [3.05, 3.63) is 60.4 Å². The summed E-state index contributed by atoms with van der Waals surface area (Å²) < 4.78 is 13.2. The van der Waals surface area contributed by atoms with E-state index in [0.717, 1.165) is 22.3 Å². The number of hydrogen-bond acceptors (Lipinski definition) is 4. The van der Waals surface area contributed by atoms with Gasteiger partial charge in [0.25, 0.3) is 0 Å². The van der Waals surface area contributed by atoms with Gasteiger partial charge < -0.3 is 14.0 Å². The van der Waals surface area contributed by atoms with E-state index in [-0.39, 0.29) is 18.7 Å². The van der Waals surface area contributed by atoms with Gasteiger partial charge in [-0.15, -0.1) is 0 Å². The fraction of sp³-hybridized carbons (Fsp3) is 0.263. The Labute approximate surface area is 140 Å². The van der Waals surface area contributed by atoms with E-state index in [1.807, 2.05) is 60.0 Å². The summed E-state index contributed by atoms with van der Waals surface area (Å²) in [5.41, 5.74) is 2.97. The van der Waals surface area contributed by atoms with Gasteiger partial charge in [0.15, 0.2) is 6.10 Å². The summed E-state index contributed by atoms with van der Waals surface area (Å²) in [7, 11) is 0. The van der Waals surface area contributed by atoms with Crippen LogP contribution in [0.15, 0.2) is 54.9 Å². The number of ether oxygens (including phenoxy) is 2. The molecule has 0 aliphatic heterocycles. The first-order valence-electron chi connectivity index (χ1n) is 7.89. The van der Waals surface area contributed by atoms with E-state index in [1.165, 1.54) is 6.92 Å². The number of fused-ring (bicyclic) bond motifs is 1. The zero-order valence-electron chi connectivity index (χ0n) is 13.8. The highest BCUT2D eigenvalue weighted by Crippen LogP contribution is 2.18. The minimum Gasteiger partial charge on any atom is -0.489 e. The van der Waals surface area contributed by atoms with Gasteiger partial charge in [-0.25, -0.2) is 4.98 Å². The number of aromatic nitrogens is 2. The Morgan fingerprint density at radius 1 is 1.17 bits per heavy atom. The number of imidazole rings is 1. The van der Waals surface area contributed by atoms with Gasteiger partial charge in [-0.05, 0) is 30.7 Å². The normalized spacial score (nSPS) is 12.1. The molecule has 1 heterocycles. The van der Waals surface area contributed by atoms with Crippen LogP contribution >= 0.6 is 0 Å². The lowest BCUT2D eigenvalue weighted by Gasteiger charge is -2.19. The molecule has 124 valence electrons. The van der Waals surface area contributed by atoms with Crippen molar-refractivity contribution < 1.29 is 14.3 Å². The number of hydrogen-bond donors (Lipinski definition) is 0. The number of benzene rings is 2. The average Bonchev–Trinajstić information content (AvgIpc) is 2.97. The molecule has 24 heavy (non-hydrogen) atoms. The van der Waals surface area contributed by atoms with Crippen LogP contribution in [0.2, 0.25) is 0 Å². The number of para-hydroxylation sites is 3. The van der Waals surface area contributed by atoms with E-state index in [0.29, 0.717) is 6.54 Å². The Morgan fingerprint density at radius 2 is 1.92 bits per heavy atom. The molecule has 0 unspecified atom stereocenters. The van der Waals surface area contributed by atoms with Crippen LogP contribution in [0.4, 0.5) is 0 Å². The molecule has 0 bridgehead atoms. The molecule has 1 atom stereocenters. The van der Waals surface area contributed by atoms with Crippen molar-refractivity contribution in [2.24, 2.45) is 0 Å². The number of aryl methyl sites for hydroxylation is 1. The minimum absolute atomic E-state index is 0.289. The maximum Gasteiger partial charge on any atom is 0.303 e. The largest absolute Gasteiger partial charge is 0.489 e. The van der Waals surface area contributed by atoms with Crippen molar-refractivity contribution in [2.45, 2.75) is 26.5 Å². The Bertz CT molecular complexity index is 841. The van der Waals surface area contributed by atoms with Gasteiger partial charge in [0.2, 0.25) is 0 Å². The van der Waals surface area contributed by atoms with Gasteiger partial charge in [0, 0.05) is 6.92 Å². The monoisotopic (exact) mass is 324 g/mol. The number of carbonyl (C=O) groups is 1. The van der Waals surface area contributed by atoms with Gasteiger partial charge in [0.05, 0.1) is 23.9 Å². The highest BCUT2D eigenvalue weighted by atomic mass is 16.6. The number of carbonyl (C=O) groups excluding carboxylic acids is 1. The molecule has 0 saturated heterocycles. The molecular weight excluding hydrogens is 304 g/mol. The van der Waals surface area contributed by atoms with E-state index >= 15 is 0 Å². The van der Waals surface area contributed by atoms with E-state index in [1.54, 1.807) is 6.33 Å². The third kappa shape index (κ3) is 3.74. The predicted octanol–water partition coefficient (Wildman–Crippen LogP) is 3.36. The van der Waals surface area contributed by atoms with Crippen molar-refractivity contribution >= 4 is 17.0 Å². The fourth-order valence-electron chi connectivity index (χ4n) is 2.63. The zero-order chi connectivity index (χ0) is 16.9. The second-order valence-electron chi connectivity index (χ2n) is 5.69. The topological polar surface area (TPSA) is 53.4 Å². The summed E-state index contributed by atoms with van der Waals surface area (Å²) in [5, 5.41) is 0. The van der Waals surface area contributed by atoms with Crippen LogP contribution < -0.4 is 4.74 Å². The maximum atomic E-state index is 11.4. The lowest BCUT2D eigenvalue weighted by molar-refractivity contribution is -0.148. The van der Waals surface area contributed by atoms with Crippen molar-refractivity contribution in [3.8, 4) is 5.75 Å². The summed E-state index contributed by atoms with van der Waals surface area (Å²) in [6, 6.07) is 15.6. The van der Waals surface area contributed by atoms with Crippen molar-refractivity contribution in [1.29, 1.82) is 0 Å². The Hall–Kier alpha value is -2.82. The summed E-state index contributed by atoms with van der Waals surface area (Å²) in [5.74, 6) is 0.475. The van der Waals surface area contributed by atoms with Gasteiger partial charge in [0.1, 0.15) is 12.4 Å². The summed E-state index contributed by atoms with van der Waals surface area (Å²) >= 11 is 0. The van der Waals surface area contributed by atoms with Crippen molar-refractivity contribution in [3.63, 3.8) is 0 Å². The molecule has 3 aromatic rings. The zero-order valence-corrected chi connectivity index (χ0v) is 13.8. The van der Waals surface area contributed by atoms with Crippen LogP contribution in [0.5, 0.6) is 5.75 Å². The molecule has 0 fully saturated rings. The molecular formula is C19H20N2O3. The van der Waals surface area contributed by atoms with Crippen LogP contribution in [0.25, 0.3) is 11.0 Å².